The average molecular weight is 1080 g/mol. The average Bonchev–Trinajstić information content (AvgIpc) is 3.43. The van der Waals surface area contributed by atoms with Crippen LogP contribution in [0.1, 0.15) is 393 Å². The molecular formula is C71H134O6. The van der Waals surface area contributed by atoms with Gasteiger partial charge in [0.1, 0.15) is 13.2 Å². The smallest absolute Gasteiger partial charge is 0.306 e. The van der Waals surface area contributed by atoms with E-state index in [2.05, 4.69) is 45.1 Å². The van der Waals surface area contributed by atoms with Crippen molar-refractivity contribution in [3.63, 3.8) is 0 Å². The van der Waals surface area contributed by atoms with E-state index in [0.717, 1.165) is 64.2 Å². The second kappa shape index (κ2) is 66.4. The zero-order valence-corrected chi connectivity index (χ0v) is 52.3. The molecule has 0 rings (SSSR count). The maximum Gasteiger partial charge on any atom is 0.306 e. The normalized spacial score (nSPS) is 12.1. The van der Waals surface area contributed by atoms with E-state index >= 15 is 0 Å². The summed E-state index contributed by atoms with van der Waals surface area (Å²) in [7, 11) is 0. The van der Waals surface area contributed by atoms with E-state index in [9.17, 15) is 14.4 Å². The number of ether oxygens (including phenoxy) is 3. The van der Waals surface area contributed by atoms with Crippen LogP contribution in [0, 0.1) is 0 Å². The number of hydrogen-bond acceptors (Lipinski definition) is 6. The monoisotopic (exact) mass is 1080 g/mol. The molecule has 6 heteroatoms. The Kier molecular flexibility index (Phi) is 64.6. The van der Waals surface area contributed by atoms with E-state index in [0.29, 0.717) is 19.3 Å². The van der Waals surface area contributed by atoms with Crippen LogP contribution < -0.4 is 0 Å². The molecule has 454 valence electrons. The summed E-state index contributed by atoms with van der Waals surface area (Å²) in [6.07, 6.45) is 80.6. The molecule has 0 saturated heterocycles. The number of unbranched alkanes of at least 4 members (excludes halogenated alkanes) is 50. The first-order chi connectivity index (χ1) is 38.0. The molecule has 1 unspecified atom stereocenters. The molecule has 0 aliphatic heterocycles. The molecule has 0 saturated carbocycles. The van der Waals surface area contributed by atoms with Gasteiger partial charge in [-0.25, -0.2) is 0 Å². The molecule has 0 bridgehead atoms. The SMILES string of the molecule is CCCCCCC/C=C\C/C=C\CCCCCCCCCCCCCCCCCC(=O)OCC(COC(=O)CCCCCCCCCCCCCCCCC)OC(=O)CCCCCCCCCCCCCCCCCCC. The fraction of sp³-hybridized carbons (Fsp3) is 0.901. The molecule has 1 atom stereocenters. The third kappa shape index (κ3) is 64.6. The number of rotatable bonds is 65. The minimum Gasteiger partial charge on any atom is -0.462 e. The molecule has 0 aromatic heterocycles. The highest BCUT2D eigenvalue weighted by Gasteiger charge is 2.19. The van der Waals surface area contributed by atoms with Gasteiger partial charge >= 0.3 is 17.9 Å². The van der Waals surface area contributed by atoms with Crippen LogP contribution in [0.25, 0.3) is 0 Å². The maximum absolute atomic E-state index is 12.9. The van der Waals surface area contributed by atoms with Gasteiger partial charge in [0.05, 0.1) is 0 Å². The highest BCUT2D eigenvalue weighted by molar-refractivity contribution is 5.71. The van der Waals surface area contributed by atoms with Crippen molar-refractivity contribution >= 4 is 17.9 Å². The van der Waals surface area contributed by atoms with Crippen LogP contribution in [0.15, 0.2) is 24.3 Å². The molecule has 0 N–H and O–H groups in total. The van der Waals surface area contributed by atoms with Crippen molar-refractivity contribution < 1.29 is 28.6 Å². The van der Waals surface area contributed by atoms with Gasteiger partial charge in [0.25, 0.3) is 0 Å². The van der Waals surface area contributed by atoms with Gasteiger partial charge in [-0.2, -0.15) is 0 Å². The van der Waals surface area contributed by atoms with Crippen molar-refractivity contribution in [1.29, 1.82) is 0 Å². The van der Waals surface area contributed by atoms with Crippen LogP contribution in [0.4, 0.5) is 0 Å². The van der Waals surface area contributed by atoms with Crippen molar-refractivity contribution in [3.05, 3.63) is 24.3 Å². The highest BCUT2D eigenvalue weighted by atomic mass is 16.6. The Morgan fingerprint density at radius 2 is 0.468 bits per heavy atom. The molecule has 0 aliphatic rings. The zero-order chi connectivity index (χ0) is 55.7. The third-order valence-corrected chi connectivity index (χ3v) is 16.0. The second-order valence-electron chi connectivity index (χ2n) is 23.8. The minimum absolute atomic E-state index is 0.0636. The predicted octanol–water partition coefficient (Wildman–Crippen LogP) is 23.8. The summed E-state index contributed by atoms with van der Waals surface area (Å²) < 4.78 is 17.0. The summed E-state index contributed by atoms with van der Waals surface area (Å²) >= 11 is 0. The molecule has 77 heavy (non-hydrogen) atoms. The summed E-state index contributed by atoms with van der Waals surface area (Å²) in [5.41, 5.74) is 0. The lowest BCUT2D eigenvalue weighted by atomic mass is 10.0. The molecule has 0 heterocycles. The lowest BCUT2D eigenvalue weighted by Gasteiger charge is -2.18. The summed E-state index contributed by atoms with van der Waals surface area (Å²) in [6, 6.07) is 0. The van der Waals surface area contributed by atoms with Gasteiger partial charge in [0.2, 0.25) is 0 Å². The summed E-state index contributed by atoms with van der Waals surface area (Å²) in [5, 5.41) is 0. The first kappa shape index (κ1) is 74.9. The molecule has 0 spiro atoms. The zero-order valence-electron chi connectivity index (χ0n) is 52.3. The maximum atomic E-state index is 12.9. The topological polar surface area (TPSA) is 78.9 Å². The number of carbonyl (C=O) groups is 3. The van der Waals surface area contributed by atoms with Crippen LogP contribution in [-0.4, -0.2) is 37.2 Å². The third-order valence-electron chi connectivity index (χ3n) is 16.0. The van der Waals surface area contributed by atoms with E-state index in [1.165, 1.54) is 289 Å². The summed E-state index contributed by atoms with van der Waals surface area (Å²) in [4.78, 5) is 38.4. The molecule has 0 radical (unpaired) electrons. The highest BCUT2D eigenvalue weighted by Crippen LogP contribution is 2.19. The molecular weight excluding hydrogens is 949 g/mol. The van der Waals surface area contributed by atoms with Gasteiger partial charge in [-0.1, -0.05) is 347 Å². The summed E-state index contributed by atoms with van der Waals surface area (Å²) in [5.74, 6) is -0.830. The van der Waals surface area contributed by atoms with Crippen LogP contribution in [0.5, 0.6) is 0 Å². The van der Waals surface area contributed by atoms with Gasteiger partial charge in [-0.05, 0) is 51.4 Å². The van der Waals surface area contributed by atoms with E-state index in [1.54, 1.807) is 0 Å². The first-order valence-electron chi connectivity index (χ1n) is 34.8. The number of allylic oxidation sites excluding steroid dienone is 4. The Morgan fingerprint density at radius 1 is 0.260 bits per heavy atom. The van der Waals surface area contributed by atoms with Crippen molar-refractivity contribution in [1.82, 2.24) is 0 Å². The number of carbonyl (C=O) groups excluding carboxylic acids is 3. The molecule has 0 amide bonds. The Balaban J connectivity index is 4.21. The van der Waals surface area contributed by atoms with Crippen molar-refractivity contribution in [2.75, 3.05) is 13.2 Å². The lowest BCUT2D eigenvalue weighted by molar-refractivity contribution is -0.167. The van der Waals surface area contributed by atoms with E-state index in [4.69, 9.17) is 14.2 Å². The van der Waals surface area contributed by atoms with Gasteiger partial charge in [-0.15, -0.1) is 0 Å². The number of hydrogen-bond donors (Lipinski definition) is 0. The Bertz CT molecular complexity index is 1240. The predicted molar refractivity (Wildman–Crippen MR) is 335 cm³/mol. The molecule has 0 aliphatic carbocycles. The second-order valence-corrected chi connectivity index (χ2v) is 23.8. The van der Waals surface area contributed by atoms with Gasteiger partial charge in [0.15, 0.2) is 6.10 Å². The van der Waals surface area contributed by atoms with E-state index in [1.807, 2.05) is 0 Å². The van der Waals surface area contributed by atoms with Crippen LogP contribution in [0.2, 0.25) is 0 Å². The largest absolute Gasteiger partial charge is 0.462 e. The molecule has 0 aromatic carbocycles. The minimum atomic E-state index is -0.766. The number of esters is 3. The summed E-state index contributed by atoms with van der Waals surface area (Å²) in [6.45, 7) is 6.71. The lowest BCUT2D eigenvalue weighted by Crippen LogP contribution is -2.30. The van der Waals surface area contributed by atoms with Crippen molar-refractivity contribution in [2.24, 2.45) is 0 Å². The van der Waals surface area contributed by atoms with Crippen molar-refractivity contribution in [2.45, 2.75) is 399 Å². The first-order valence-corrected chi connectivity index (χ1v) is 34.8. The van der Waals surface area contributed by atoms with Crippen LogP contribution in [0.3, 0.4) is 0 Å². The Morgan fingerprint density at radius 3 is 0.714 bits per heavy atom. The quantitative estimate of drug-likeness (QED) is 0.0261. The standard InChI is InChI=1S/C71H134O6/c1-4-7-10-13-16-19-22-25-28-30-31-32-33-34-35-36-37-38-39-41-43-46-49-52-55-58-61-64-70(73)76-67-68(66-75-69(72)63-60-57-54-51-48-45-42-27-24-21-18-15-12-9-6-3)77-71(74)65-62-59-56-53-50-47-44-40-29-26-23-20-17-14-11-8-5-2/h22,25,30-31,68H,4-21,23-24,26-29,32-67H2,1-3H3/b25-22-,31-30-. The fourth-order valence-corrected chi connectivity index (χ4v) is 10.7. The van der Waals surface area contributed by atoms with Crippen LogP contribution >= 0.6 is 0 Å². The van der Waals surface area contributed by atoms with E-state index < -0.39 is 6.10 Å². The van der Waals surface area contributed by atoms with Gasteiger partial charge in [0, 0.05) is 19.3 Å². The van der Waals surface area contributed by atoms with E-state index in [-0.39, 0.29) is 31.1 Å². The van der Waals surface area contributed by atoms with Gasteiger partial charge in [-0.3, -0.25) is 14.4 Å². The fourth-order valence-electron chi connectivity index (χ4n) is 10.7. The van der Waals surface area contributed by atoms with Gasteiger partial charge < -0.3 is 14.2 Å². The molecule has 0 fully saturated rings. The van der Waals surface area contributed by atoms with Crippen molar-refractivity contribution in [3.8, 4) is 0 Å². The Labute approximate surface area is 481 Å². The molecule has 6 nitrogen and oxygen atoms in total. The van der Waals surface area contributed by atoms with Crippen LogP contribution in [-0.2, 0) is 28.6 Å². The molecule has 0 aromatic rings. The Hall–Kier alpha value is -2.11.